The highest BCUT2D eigenvalue weighted by atomic mass is 16.3. The topological polar surface area (TPSA) is 81.7 Å². The van der Waals surface area contributed by atoms with Gasteiger partial charge in [-0.3, -0.25) is 15.0 Å². The third kappa shape index (κ3) is 2.95. The van der Waals surface area contributed by atoms with Crippen LogP contribution < -0.4 is 10.6 Å². The number of β-amino-alcohol motifs (C(OH)–C–C–N with tert-alkyl or cyclic N) is 1. The van der Waals surface area contributed by atoms with E-state index >= 15 is 0 Å². The van der Waals surface area contributed by atoms with Gasteiger partial charge in [0.15, 0.2) is 0 Å². The molecule has 0 bridgehead atoms. The lowest BCUT2D eigenvalue weighted by molar-refractivity contribution is -0.135. The lowest BCUT2D eigenvalue weighted by Crippen LogP contribution is -2.64. The predicted molar refractivity (Wildman–Crippen MR) is 61.3 cm³/mol. The molecule has 2 rings (SSSR count). The van der Waals surface area contributed by atoms with Crippen molar-refractivity contribution in [2.24, 2.45) is 5.92 Å². The number of carbonyl (C=O) groups is 2. The molecule has 0 aromatic carbocycles. The highest BCUT2D eigenvalue weighted by molar-refractivity contribution is 5.95. The van der Waals surface area contributed by atoms with E-state index in [0.717, 1.165) is 12.8 Å². The van der Waals surface area contributed by atoms with Crippen LogP contribution in [0.3, 0.4) is 0 Å². The summed E-state index contributed by atoms with van der Waals surface area (Å²) < 4.78 is 0. The molecule has 0 aromatic rings. The molecule has 0 atom stereocenters. The van der Waals surface area contributed by atoms with Crippen LogP contribution in [0.1, 0.15) is 19.8 Å². The van der Waals surface area contributed by atoms with Crippen molar-refractivity contribution in [2.45, 2.75) is 25.4 Å². The summed E-state index contributed by atoms with van der Waals surface area (Å²) in [7, 11) is 0. The van der Waals surface area contributed by atoms with Gasteiger partial charge in [0.25, 0.3) is 0 Å². The second-order valence-electron chi connectivity index (χ2n) is 4.93. The van der Waals surface area contributed by atoms with Gasteiger partial charge in [-0.05, 0) is 25.7 Å². The van der Waals surface area contributed by atoms with E-state index in [0.29, 0.717) is 25.6 Å². The average molecular weight is 241 g/mol. The molecule has 3 N–H and O–H groups in total. The summed E-state index contributed by atoms with van der Waals surface area (Å²) in [6, 6.07) is -0.463. The van der Waals surface area contributed by atoms with Gasteiger partial charge in [0.2, 0.25) is 5.91 Å². The maximum absolute atomic E-state index is 11.4. The Labute approximate surface area is 100 Å². The van der Waals surface area contributed by atoms with Gasteiger partial charge in [-0.2, -0.15) is 0 Å². The number of hydrogen-bond acceptors (Lipinski definition) is 4. The Morgan fingerprint density at radius 2 is 2.06 bits per heavy atom. The molecule has 3 amide bonds. The molecule has 17 heavy (non-hydrogen) atoms. The van der Waals surface area contributed by atoms with Crippen molar-refractivity contribution in [3.8, 4) is 0 Å². The molecule has 1 aliphatic heterocycles. The van der Waals surface area contributed by atoms with Crippen molar-refractivity contribution in [1.82, 2.24) is 15.5 Å². The molecule has 2 aliphatic rings. The molecule has 6 nitrogen and oxygen atoms in total. The van der Waals surface area contributed by atoms with E-state index in [-0.39, 0.29) is 12.5 Å². The molecular formula is C11H19N3O3. The quantitative estimate of drug-likeness (QED) is 0.607. The number of nitrogens with zero attached hydrogens (tertiary/aromatic N) is 1. The smallest absolute Gasteiger partial charge is 0.321 e. The number of urea groups is 1. The number of amides is 3. The fourth-order valence-corrected chi connectivity index (χ4v) is 2.29. The maximum Gasteiger partial charge on any atom is 0.321 e. The first-order valence-corrected chi connectivity index (χ1v) is 6.06. The fraction of sp³-hybridized carbons (Fsp3) is 0.818. The largest absolute Gasteiger partial charge is 0.387 e. The van der Waals surface area contributed by atoms with Crippen LogP contribution in [0.25, 0.3) is 0 Å². The van der Waals surface area contributed by atoms with Gasteiger partial charge in [0.1, 0.15) is 0 Å². The van der Waals surface area contributed by atoms with E-state index in [4.69, 9.17) is 0 Å². The van der Waals surface area contributed by atoms with Crippen LogP contribution in [0.2, 0.25) is 0 Å². The maximum atomic E-state index is 11.4. The van der Waals surface area contributed by atoms with Crippen molar-refractivity contribution in [3.05, 3.63) is 0 Å². The Hall–Kier alpha value is -1.14. The van der Waals surface area contributed by atoms with Gasteiger partial charge in [0, 0.05) is 19.6 Å². The first kappa shape index (κ1) is 12.3. The monoisotopic (exact) mass is 241 g/mol. The first-order chi connectivity index (χ1) is 8.03. The van der Waals surface area contributed by atoms with E-state index in [2.05, 4.69) is 10.6 Å². The zero-order chi connectivity index (χ0) is 12.5. The van der Waals surface area contributed by atoms with Gasteiger partial charge >= 0.3 is 6.03 Å². The van der Waals surface area contributed by atoms with Gasteiger partial charge in [-0.1, -0.05) is 0 Å². The summed E-state index contributed by atoms with van der Waals surface area (Å²) in [6.07, 6.45) is 2.19. The number of carbonyl (C=O) groups excluding carboxylic acids is 2. The number of nitrogens with one attached hydrogen (secondary N) is 2. The summed E-state index contributed by atoms with van der Waals surface area (Å²) in [5.74, 6) is 0.0963. The number of aliphatic hydroxyl groups is 1. The molecule has 1 heterocycles. The van der Waals surface area contributed by atoms with Crippen LogP contribution in [0.5, 0.6) is 0 Å². The average Bonchev–Trinajstić information content (AvgIpc) is 2.97. The van der Waals surface area contributed by atoms with Crippen LogP contribution in [0, 0.1) is 5.92 Å². The lowest BCUT2D eigenvalue weighted by atomic mass is 9.89. The molecule has 0 aromatic heterocycles. The van der Waals surface area contributed by atoms with Crippen LogP contribution >= 0.6 is 0 Å². The molecule has 0 radical (unpaired) electrons. The second kappa shape index (κ2) is 4.62. The van der Waals surface area contributed by atoms with Gasteiger partial charge in [-0.25, -0.2) is 4.79 Å². The highest BCUT2D eigenvalue weighted by Crippen LogP contribution is 2.44. The van der Waals surface area contributed by atoms with E-state index < -0.39 is 11.6 Å². The van der Waals surface area contributed by atoms with E-state index in [9.17, 15) is 14.7 Å². The third-order valence-corrected chi connectivity index (χ3v) is 3.29. The Morgan fingerprint density at radius 3 is 2.59 bits per heavy atom. The molecule has 1 saturated carbocycles. The summed E-state index contributed by atoms with van der Waals surface area (Å²) >= 11 is 0. The van der Waals surface area contributed by atoms with E-state index in [1.54, 1.807) is 6.92 Å². The summed E-state index contributed by atoms with van der Waals surface area (Å²) in [6.45, 7) is 3.53. The minimum atomic E-state index is -0.577. The molecular weight excluding hydrogens is 222 g/mol. The normalized spacial score (nSPS) is 22.7. The fourth-order valence-electron chi connectivity index (χ4n) is 2.29. The lowest BCUT2D eigenvalue weighted by Gasteiger charge is -2.46. The minimum Gasteiger partial charge on any atom is -0.387 e. The number of hydrogen-bond donors (Lipinski definition) is 3. The van der Waals surface area contributed by atoms with Gasteiger partial charge in [-0.15, -0.1) is 0 Å². The zero-order valence-electron chi connectivity index (χ0n) is 10.0. The van der Waals surface area contributed by atoms with Crippen molar-refractivity contribution in [2.75, 3.05) is 26.2 Å². The van der Waals surface area contributed by atoms with E-state index in [1.165, 1.54) is 0 Å². The summed E-state index contributed by atoms with van der Waals surface area (Å²) in [4.78, 5) is 24.4. The SMILES string of the molecule is CCNC(=O)NC(=O)CN1CC(O)(C2CC2)C1. The first-order valence-electron chi connectivity index (χ1n) is 6.06. The summed E-state index contributed by atoms with van der Waals surface area (Å²) in [5, 5.41) is 14.8. The molecule has 1 saturated heterocycles. The summed E-state index contributed by atoms with van der Waals surface area (Å²) in [5.41, 5.74) is -0.577. The zero-order valence-corrected chi connectivity index (χ0v) is 10.0. The number of rotatable bonds is 4. The molecule has 0 unspecified atom stereocenters. The van der Waals surface area contributed by atoms with Crippen LogP contribution in [-0.2, 0) is 4.79 Å². The van der Waals surface area contributed by atoms with Crippen LogP contribution in [0.15, 0.2) is 0 Å². The van der Waals surface area contributed by atoms with Crippen molar-refractivity contribution in [1.29, 1.82) is 0 Å². The highest BCUT2D eigenvalue weighted by Gasteiger charge is 2.51. The molecule has 6 heteroatoms. The molecule has 2 fully saturated rings. The Morgan fingerprint density at radius 1 is 1.41 bits per heavy atom. The Bertz CT molecular complexity index is 322. The third-order valence-electron chi connectivity index (χ3n) is 3.29. The Kier molecular flexibility index (Phi) is 3.35. The number of imide groups is 1. The van der Waals surface area contributed by atoms with Gasteiger partial charge in [0.05, 0.1) is 12.1 Å². The second-order valence-corrected chi connectivity index (χ2v) is 4.93. The standard InChI is InChI=1S/C11H19N3O3/c1-2-12-10(16)13-9(15)5-14-6-11(17,7-14)8-3-4-8/h8,17H,2-7H2,1H3,(H2,12,13,15,16). The molecule has 0 spiro atoms. The molecule has 1 aliphatic carbocycles. The van der Waals surface area contributed by atoms with Crippen LogP contribution in [0.4, 0.5) is 4.79 Å². The Balaban J connectivity index is 1.65. The van der Waals surface area contributed by atoms with Gasteiger partial charge < -0.3 is 10.4 Å². The van der Waals surface area contributed by atoms with E-state index in [1.807, 2.05) is 4.90 Å². The minimum absolute atomic E-state index is 0.173. The molecule has 96 valence electrons. The van der Waals surface area contributed by atoms with Crippen molar-refractivity contribution in [3.63, 3.8) is 0 Å². The predicted octanol–water partition coefficient (Wildman–Crippen LogP) is -0.711. The number of likely N-dealkylation sites (tertiary alicyclic amines) is 1. The van der Waals surface area contributed by atoms with Crippen molar-refractivity contribution < 1.29 is 14.7 Å². The van der Waals surface area contributed by atoms with Crippen LogP contribution in [-0.4, -0.2) is 53.7 Å². The van der Waals surface area contributed by atoms with Crippen molar-refractivity contribution >= 4 is 11.9 Å².